The third kappa shape index (κ3) is 1.46. The summed E-state index contributed by atoms with van der Waals surface area (Å²) in [4.78, 5) is 11.1. The van der Waals surface area contributed by atoms with Crippen LogP contribution in [0.3, 0.4) is 0 Å². The van der Waals surface area contributed by atoms with Crippen molar-refractivity contribution in [2.45, 2.75) is 57.8 Å². The second-order valence-electron chi connectivity index (χ2n) is 9.70. The number of fused-ring (bicyclic) bond motifs is 6. The largest absolute Gasteiger partial charge is 0.481 e. The van der Waals surface area contributed by atoms with Crippen LogP contribution in [0.15, 0.2) is 0 Å². The number of rotatable bonds is 3. The molecular weight excluding hydrogens is 272 g/mol. The van der Waals surface area contributed by atoms with Gasteiger partial charge < -0.3 is 5.11 Å². The summed E-state index contributed by atoms with van der Waals surface area (Å²) >= 11 is 0. The van der Waals surface area contributed by atoms with Crippen LogP contribution in [0.1, 0.15) is 57.8 Å². The third-order valence-electron chi connectivity index (χ3n) is 9.24. The van der Waals surface area contributed by atoms with E-state index in [1.54, 1.807) is 6.42 Å². The first-order chi connectivity index (χ1) is 10.7. The lowest BCUT2D eigenvalue weighted by Crippen LogP contribution is -2.29. The number of carboxylic acids is 1. The Hall–Kier alpha value is -0.530. The van der Waals surface area contributed by atoms with Crippen LogP contribution in [-0.2, 0) is 4.79 Å². The first-order valence-electron chi connectivity index (χ1n) is 9.95. The predicted octanol–water partition coefficient (Wildman–Crippen LogP) is 4.20. The molecule has 0 amide bonds. The average molecular weight is 300 g/mol. The van der Waals surface area contributed by atoms with E-state index in [0.717, 1.165) is 36.0 Å². The molecule has 6 saturated carbocycles. The fourth-order valence-corrected chi connectivity index (χ4v) is 7.81. The zero-order chi connectivity index (χ0) is 14.6. The fourth-order valence-electron chi connectivity index (χ4n) is 7.81. The third-order valence-corrected chi connectivity index (χ3v) is 9.24. The monoisotopic (exact) mass is 300 g/mol. The SMILES string of the molecule is O=C(O)[C@H]1CC[C@H](C2CCC(C3C4C3C43C4CC43)CC2)CC1. The molecule has 0 aromatic carbocycles. The normalized spacial score (nSPS) is 63.7. The van der Waals surface area contributed by atoms with Crippen molar-refractivity contribution in [2.24, 2.45) is 58.7 Å². The van der Waals surface area contributed by atoms with Gasteiger partial charge in [0.2, 0.25) is 0 Å². The van der Waals surface area contributed by atoms with Crippen LogP contribution in [0.4, 0.5) is 0 Å². The molecule has 120 valence electrons. The van der Waals surface area contributed by atoms with E-state index in [4.69, 9.17) is 5.11 Å². The highest BCUT2D eigenvalue weighted by molar-refractivity contribution is 5.70. The molecule has 0 saturated heterocycles. The molecule has 22 heavy (non-hydrogen) atoms. The average Bonchev–Trinajstić information content (AvgIpc) is 3.33. The van der Waals surface area contributed by atoms with E-state index < -0.39 is 5.97 Å². The molecule has 6 aliphatic carbocycles. The van der Waals surface area contributed by atoms with Crippen molar-refractivity contribution < 1.29 is 9.90 Å². The van der Waals surface area contributed by atoms with Crippen molar-refractivity contribution in [1.82, 2.24) is 0 Å². The Labute approximate surface area is 133 Å². The van der Waals surface area contributed by atoms with Crippen LogP contribution in [0.25, 0.3) is 0 Å². The molecule has 4 atom stereocenters. The Bertz CT molecular complexity index is 504. The Morgan fingerprint density at radius 2 is 1.27 bits per heavy atom. The van der Waals surface area contributed by atoms with Gasteiger partial charge in [-0.3, -0.25) is 4.79 Å². The van der Waals surface area contributed by atoms with Crippen LogP contribution < -0.4 is 0 Å². The Morgan fingerprint density at radius 3 is 1.73 bits per heavy atom. The highest BCUT2D eigenvalue weighted by Gasteiger charge is 3.01. The lowest BCUT2D eigenvalue weighted by molar-refractivity contribution is -0.143. The Morgan fingerprint density at radius 1 is 0.773 bits per heavy atom. The van der Waals surface area contributed by atoms with E-state index >= 15 is 0 Å². The molecular formula is C20H28O2. The Balaban J connectivity index is 0.994. The summed E-state index contributed by atoms with van der Waals surface area (Å²) in [6.07, 6.45) is 11.8. The molecule has 6 aliphatic rings. The Kier molecular flexibility index (Phi) is 2.29. The minimum Gasteiger partial charge on any atom is -0.481 e. The number of carbonyl (C=O) groups is 1. The summed E-state index contributed by atoms with van der Waals surface area (Å²) in [7, 11) is 0. The quantitative estimate of drug-likeness (QED) is 0.848. The van der Waals surface area contributed by atoms with Gasteiger partial charge in [-0.1, -0.05) is 0 Å². The van der Waals surface area contributed by atoms with Gasteiger partial charge in [0, 0.05) is 0 Å². The van der Waals surface area contributed by atoms with E-state index in [1.807, 2.05) is 0 Å². The number of hydrogen-bond donors (Lipinski definition) is 1. The highest BCUT2D eigenvalue weighted by atomic mass is 16.4. The van der Waals surface area contributed by atoms with Crippen LogP contribution in [-0.4, -0.2) is 11.1 Å². The molecule has 0 aromatic heterocycles. The molecule has 0 aromatic rings. The molecule has 6 fully saturated rings. The van der Waals surface area contributed by atoms with Crippen molar-refractivity contribution in [3.8, 4) is 0 Å². The van der Waals surface area contributed by atoms with Crippen LogP contribution in [0.5, 0.6) is 0 Å². The molecule has 0 radical (unpaired) electrons. The molecule has 0 bridgehead atoms. The van der Waals surface area contributed by atoms with Crippen LogP contribution in [0.2, 0.25) is 0 Å². The van der Waals surface area contributed by atoms with Crippen molar-refractivity contribution in [2.75, 3.05) is 0 Å². The van der Waals surface area contributed by atoms with Gasteiger partial charge in [0.15, 0.2) is 0 Å². The van der Waals surface area contributed by atoms with Crippen molar-refractivity contribution in [1.29, 1.82) is 0 Å². The van der Waals surface area contributed by atoms with Gasteiger partial charge >= 0.3 is 5.97 Å². The smallest absolute Gasteiger partial charge is 0.306 e. The van der Waals surface area contributed by atoms with Crippen molar-refractivity contribution in [3.63, 3.8) is 0 Å². The molecule has 4 unspecified atom stereocenters. The maximum atomic E-state index is 11.1. The highest BCUT2D eigenvalue weighted by Crippen LogP contribution is 3.05. The van der Waals surface area contributed by atoms with E-state index in [-0.39, 0.29) is 5.92 Å². The number of aliphatic carboxylic acids is 1. The maximum absolute atomic E-state index is 11.1. The zero-order valence-electron chi connectivity index (χ0n) is 13.4. The summed E-state index contributed by atoms with van der Waals surface area (Å²) in [5.74, 6) is 8.39. The van der Waals surface area contributed by atoms with E-state index in [2.05, 4.69) is 0 Å². The second kappa shape index (κ2) is 3.92. The number of hydrogen-bond acceptors (Lipinski definition) is 1. The van der Waals surface area contributed by atoms with Gasteiger partial charge in [-0.2, -0.15) is 0 Å². The summed E-state index contributed by atoms with van der Waals surface area (Å²) in [6, 6.07) is 0. The van der Waals surface area contributed by atoms with Gasteiger partial charge in [0.1, 0.15) is 0 Å². The van der Waals surface area contributed by atoms with Crippen LogP contribution >= 0.6 is 0 Å². The topological polar surface area (TPSA) is 37.3 Å². The summed E-state index contributed by atoms with van der Waals surface area (Å²) in [5.41, 5.74) is 1.01. The van der Waals surface area contributed by atoms with Crippen LogP contribution in [0, 0.1) is 58.7 Å². The number of carboxylic acid groups (broad SMARTS) is 1. The van der Waals surface area contributed by atoms with Gasteiger partial charge in [0.25, 0.3) is 0 Å². The molecule has 2 heteroatoms. The lowest BCUT2D eigenvalue weighted by atomic mass is 9.67. The van der Waals surface area contributed by atoms with Crippen molar-refractivity contribution >= 4 is 5.97 Å². The van der Waals surface area contributed by atoms with E-state index in [1.165, 1.54) is 68.1 Å². The van der Waals surface area contributed by atoms with E-state index in [0.29, 0.717) is 0 Å². The lowest BCUT2D eigenvalue weighted by Gasteiger charge is -2.38. The molecule has 6 rings (SSSR count). The van der Waals surface area contributed by atoms with Gasteiger partial charge in [-0.15, -0.1) is 0 Å². The van der Waals surface area contributed by atoms with E-state index in [9.17, 15) is 4.79 Å². The predicted molar refractivity (Wildman–Crippen MR) is 83.0 cm³/mol. The molecule has 2 nitrogen and oxygen atoms in total. The van der Waals surface area contributed by atoms with Crippen molar-refractivity contribution in [3.05, 3.63) is 0 Å². The van der Waals surface area contributed by atoms with Gasteiger partial charge in [0.05, 0.1) is 5.92 Å². The molecule has 1 spiro atoms. The molecule has 1 N–H and O–H groups in total. The first kappa shape index (κ1) is 12.8. The summed E-state index contributed by atoms with van der Waals surface area (Å²) < 4.78 is 0. The minimum absolute atomic E-state index is 0.0349. The zero-order valence-corrected chi connectivity index (χ0v) is 13.4. The van der Waals surface area contributed by atoms with Gasteiger partial charge in [-0.25, -0.2) is 0 Å². The maximum Gasteiger partial charge on any atom is 0.306 e. The summed E-state index contributed by atoms with van der Waals surface area (Å²) in [6.45, 7) is 0. The molecule has 0 heterocycles. The standard InChI is InChI=1S/C20H28O2/c21-19(22)13-7-3-11(4-8-13)10-1-5-12(6-2-10)16-17-18(16)20(17)14-9-15(14)20/h10-18H,1-9H2,(H,21,22)/t10?,11-,12?,13-,14?,15?,16?,17?,18?,20?. The summed E-state index contributed by atoms with van der Waals surface area (Å²) in [5, 5.41) is 9.14. The molecule has 0 aliphatic heterocycles. The van der Waals surface area contributed by atoms with Gasteiger partial charge in [-0.05, 0) is 111 Å². The first-order valence-corrected chi connectivity index (χ1v) is 9.95. The second-order valence-corrected chi connectivity index (χ2v) is 9.70. The fraction of sp³-hybridized carbons (Fsp3) is 0.950. The minimum atomic E-state index is -0.554.